The first kappa shape index (κ1) is 10.1. The number of hydrogen-bond donors (Lipinski definition) is 0. The van der Waals surface area contributed by atoms with Gasteiger partial charge in [0.2, 0.25) is 0 Å². The second-order valence-corrected chi connectivity index (χ2v) is 3.72. The molecule has 0 bridgehead atoms. The van der Waals surface area contributed by atoms with Gasteiger partial charge >= 0.3 is 0 Å². The van der Waals surface area contributed by atoms with Crippen LogP contribution in [0, 0.1) is 5.82 Å². The van der Waals surface area contributed by atoms with Crippen molar-refractivity contribution in [3.05, 3.63) is 53.0 Å². The van der Waals surface area contributed by atoms with E-state index in [1.165, 1.54) is 6.07 Å². The summed E-state index contributed by atoms with van der Waals surface area (Å²) in [4.78, 5) is 3.87. The second-order valence-electron chi connectivity index (χ2n) is 2.86. The molecule has 76 valence electrons. The highest BCUT2D eigenvalue weighted by Crippen LogP contribution is 2.25. The second kappa shape index (κ2) is 4.40. The minimum Gasteiger partial charge on any atom is -0.457 e. The molecule has 0 N–H and O–H groups in total. The Hall–Kier alpha value is -1.42. The van der Waals surface area contributed by atoms with E-state index >= 15 is 0 Å². The molecular formula is C11H7BrFNO. The van der Waals surface area contributed by atoms with Crippen molar-refractivity contribution < 1.29 is 9.13 Å². The van der Waals surface area contributed by atoms with Crippen molar-refractivity contribution >= 4 is 15.9 Å². The lowest BCUT2D eigenvalue weighted by molar-refractivity contribution is 0.479. The molecular weight excluding hydrogens is 261 g/mol. The van der Waals surface area contributed by atoms with Gasteiger partial charge in [0.1, 0.15) is 17.3 Å². The van der Waals surface area contributed by atoms with Crippen LogP contribution in [-0.2, 0) is 0 Å². The fourth-order valence-corrected chi connectivity index (χ4v) is 1.44. The molecule has 0 spiro atoms. The number of rotatable bonds is 2. The molecule has 0 amide bonds. The third kappa shape index (κ3) is 2.53. The number of aromatic nitrogens is 1. The molecule has 0 saturated carbocycles. The number of nitrogens with zero attached hydrogens (tertiary/aromatic N) is 1. The average Bonchev–Trinajstić information content (AvgIpc) is 2.25. The molecule has 4 heteroatoms. The number of pyridine rings is 1. The summed E-state index contributed by atoms with van der Waals surface area (Å²) in [7, 11) is 0. The van der Waals surface area contributed by atoms with Crippen LogP contribution in [0.5, 0.6) is 11.5 Å². The third-order valence-electron chi connectivity index (χ3n) is 1.78. The molecule has 0 radical (unpaired) electrons. The van der Waals surface area contributed by atoms with Gasteiger partial charge in [-0.2, -0.15) is 0 Å². The fourth-order valence-electron chi connectivity index (χ4n) is 1.08. The number of halogens is 2. The van der Waals surface area contributed by atoms with Crippen LogP contribution in [0.2, 0.25) is 0 Å². The molecule has 0 atom stereocenters. The molecule has 2 nitrogen and oxygen atoms in total. The van der Waals surface area contributed by atoms with Gasteiger partial charge in [0.15, 0.2) is 0 Å². The van der Waals surface area contributed by atoms with E-state index < -0.39 is 0 Å². The highest BCUT2D eigenvalue weighted by atomic mass is 79.9. The van der Waals surface area contributed by atoms with E-state index in [4.69, 9.17) is 4.74 Å². The van der Waals surface area contributed by atoms with Crippen LogP contribution in [0.3, 0.4) is 0 Å². The summed E-state index contributed by atoms with van der Waals surface area (Å²) in [5.41, 5.74) is 0. The number of ether oxygens (including phenoxy) is 1. The SMILES string of the molecule is Fc1ccc(Oc2ccncc2)cc1Br. The van der Waals surface area contributed by atoms with Gasteiger partial charge in [-0.3, -0.25) is 4.98 Å². The summed E-state index contributed by atoms with van der Waals surface area (Å²) in [6, 6.07) is 7.96. The zero-order valence-corrected chi connectivity index (χ0v) is 9.24. The number of benzene rings is 1. The molecule has 0 unspecified atom stereocenters. The minimum atomic E-state index is -0.308. The van der Waals surface area contributed by atoms with E-state index in [1.807, 2.05) is 0 Å². The molecule has 1 aromatic heterocycles. The molecule has 1 heterocycles. The monoisotopic (exact) mass is 267 g/mol. The first-order valence-electron chi connectivity index (χ1n) is 4.28. The lowest BCUT2D eigenvalue weighted by Gasteiger charge is -2.05. The predicted molar refractivity (Wildman–Crippen MR) is 58.4 cm³/mol. The summed E-state index contributed by atoms with van der Waals surface area (Å²) in [5.74, 6) is 0.940. The van der Waals surface area contributed by atoms with Gasteiger partial charge in [-0.25, -0.2) is 4.39 Å². The van der Waals surface area contributed by atoms with Crippen molar-refractivity contribution in [1.29, 1.82) is 0 Å². The van der Waals surface area contributed by atoms with Crippen LogP contribution in [-0.4, -0.2) is 4.98 Å². The van der Waals surface area contributed by atoms with Crippen molar-refractivity contribution in [2.45, 2.75) is 0 Å². The van der Waals surface area contributed by atoms with Crippen LogP contribution in [0.25, 0.3) is 0 Å². The standard InChI is InChI=1S/C11H7BrFNO/c12-10-7-9(1-2-11(10)13)15-8-3-5-14-6-4-8/h1-7H. The zero-order chi connectivity index (χ0) is 10.7. The fraction of sp³-hybridized carbons (Fsp3) is 0. The maximum Gasteiger partial charge on any atom is 0.137 e. The Morgan fingerprint density at radius 2 is 1.80 bits per heavy atom. The highest BCUT2D eigenvalue weighted by molar-refractivity contribution is 9.10. The normalized spacial score (nSPS) is 10.0. The topological polar surface area (TPSA) is 22.1 Å². The third-order valence-corrected chi connectivity index (χ3v) is 2.38. The van der Waals surface area contributed by atoms with Gasteiger partial charge in [-0.05, 0) is 46.3 Å². The van der Waals surface area contributed by atoms with E-state index in [9.17, 15) is 4.39 Å². The summed E-state index contributed by atoms with van der Waals surface area (Å²) in [6.45, 7) is 0. The molecule has 0 aliphatic rings. The molecule has 15 heavy (non-hydrogen) atoms. The van der Waals surface area contributed by atoms with Crippen LogP contribution in [0.4, 0.5) is 4.39 Å². The van der Waals surface area contributed by atoms with Gasteiger partial charge in [0.25, 0.3) is 0 Å². The first-order chi connectivity index (χ1) is 7.25. The maximum absolute atomic E-state index is 12.9. The summed E-state index contributed by atoms with van der Waals surface area (Å²) in [5, 5.41) is 0. The Labute approximate surface area is 94.9 Å². The van der Waals surface area contributed by atoms with Crippen molar-refractivity contribution in [1.82, 2.24) is 4.98 Å². The van der Waals surface area contributed by atoms with Crippen molar-refractivity contribution in [2.75, 3.05) is 0 Å². The Kier molecular flexibility index (Phi) is 2.97. The molecule has 0 aliphatic heterocycles. The van der Waals surface area contributed by atoms with Crippen molar-refractivity contribution in [2.24, 2.45) is 0 Å². The minimum absolute atomic E-state index is 0.308. The predicted octanol–water partition coefficient (Wildman–Crippen LogP) is 3.78. The Bertz CT molecular complexity index is 461. The van der Waals surface area contributed by atoms with E-state index in [-0.39, 0.29) is 5.82 Å². The van der Waals surface area contributed by atoms with Gasteiger partial charge in [0.05, 0.1) is 4.47 Å². The van der Waals surface area contributed by atoms with E-state index in [2.05, 4.69) is 20.9 Å². The van der Waals surface area contributed by atoms with Crippen molar-refractivity contribution in [3.8, 4) is 11.5 Å². The Morgan fingerprint density at radius 3 is 2.47 bits per heavy atom. The summed E-state index contributed by atoms with van der Waals surface area (Å²) in [6.07, 6.45) is 3.27. The maximum atomic E-state index is 12.9. The molecule has 1 aromatic carbocycles. The molecule has 0 fully saturated rings. The van der Waals surface area contributed by atoms with Gasteiger partial charge in [-0.1, -0.05) is 0 Å². The molecule has 2 rings (SSSR count). The average molecular weight is 268 g/mol. The smallest absolute Gasteiger partial charge is 0.137 e. The van der Waals surface area contributed by atoms with Crippen LogP contribution < -0.4 is 4.74 Å². The van der Waals surface area contributed by atoms with Crippen LogP contribution in [0.15, 0.2) is 47.2 Å². The lowest BCUT2D eigenvalue weighted by atomic mass is 10.3. The highest BCUT2D eigenvalue weighted by Gasteiger charge is 2.01. The largest absolute Gasteiger partial charge is 0.457 e. The number of hydrogen-bond acceptors (Lipinski definition) is 2. The van der Waals surface area contributed by atoms with E-state index in [0.717, 1.165) is 0 Å². The molecule has 2 aromatic rings. The van der Waals surface area contributed by atoms with E-state index in [0.29, 0.717) is 16.0 Å². The van der Waals surface area contributed by atoms with Gasteiger partial charge in [-0.15, -0.1) is 0 Å². The zero-order valence-electron chi connectivity index (χ0n) is 7.65. The molecule has 0 aliphatic carbocycles. The summed E-state index contributed by atoms with van der Waals surface area (Å²) < 4.78 is 18.8. The summed E-state index contributed by atoms with van der Waals surface area (Å²) >= 11 is 3.09. The Balaban J connectivity index is 2.22. The first-order valence-corrected chi connectivity index (χ1v) is 5.08. The van der Waals surface area contributed by atoms with E-state index in [1.54, 1.807) is 36.7 Å². The van der Waals surface area contributed by atoms with Crippen molar-refractivity contribution in [3.63, 3.8) is 0 Å². The van der Waals surface area contributed by atoms with Gasteiger partial charge < -0.3 is 4.74 Å². The van der Waals surface area contributed by atoms with Gasteiger partial charge in [0, 0.05) is 12.4 Å². The Morgan fingerprint density at radius 1 is 1.07 bits per heavy atom. The quantitative estimate of drug-likeness (QED) is 0.826. The lowest BCUT2D eigenvalue weighted by Crippen LogP contribution is -1.85. The molecule has 0 saturated heterocycles. The van der Waals surface area contributed by atoms with Crippen LogP contribution >= 0.6 is 15.9 Å². The van der Waals surface area contributed by atoms with Crippen LogP contribution in [0.1, 0.15) is 0 Å².